The Morgan fingerprint density at radius 3 is 2.33 bits per heavy atom. The molecule has 0 saturated carbocycles. The lowest BCUT2D eigenvalue weighted by Gasteiger charge is -2.22. The van der Waals surface area contributed by atoms with Gasteiger partial charge in [0.25, 0.3) is 5.91 Å². The molecule has 1 aromatic carbocycles. The average Bonchev–Trinajstić information content (AvgIpc) is 2.32. The third-order valence-corrected chi connectivity index (χ3v) is 2.62. The summed E-state index contributed by atoms with van der Waals surface area (Å²) in [6, 6.07) is 1.22. The summed E-state index contributed by atoms with van der Waals surface area (Å²) in [5.41, 5.74) is -1.27. The average molecular weight is 299 g/mol. The molecule has 1 rings (SSSR count). The van der Waals surface area contributed by atoms with E-state index in [0.29, 0.717) is 0 Å². The molecule has 0 aromatic heterocycles. The van der Waals surface area contributed by atoms with Crippen molar-refractivity contribution in [2.24, 2.45) is 0 Å². The van der Waals surface area contributed by atoms with Gasteiger partial charge >= 0.3 is 5.97 Å². The molecule has 1 atom stereocenters. The zero-order valence-corrected chi connectivity index (χ0v) is 12.7. The first kappa shape index (κ1) is 17.1. The van der Waals surface area contributed by atoms with Crippen LogP contribution in [0.4, 0.5) is 8.78 Å². The Bertz CT molecular complexity index is 565. The smallest absolute Gasteiger partial charge is 0.328 e. The first-order valence-electron chi connectivity index (χ1n) is 6.51. The minimum absolute atomic E-state index is 0.145. The normalized spacial score (nSPS) is 12.7. The van der Waals surface area contributed by atoms with Gasteiger partial charge in [-0.15, -0.1) is 0 Å². The van der Waals surface area contributed by atoms with Gasteiger partial charge in [0.05, 0.1) is 0 Å². The summed E-state index contributed by atoms with van der Waals surface area (Å²) in [5.74, 6) is -3.59. The zero-order chi connectivity index (χ0) is 16.4. The molecule has 1 amide bonds. The lowest BCUT2D eigenvalue weighted by Crippen LogP contribution is -2.42. The van der Waals surface area contributed by atoms with Crippen molar-refractivity contribution in [1.82, 2.24) is 5.32 Å². The lowest BCUT2D eigenvalue weighted by atomic mass is 10.1. The van der Waals surface area contributed by atoms with E-state index in [1.54, 1.807) is 20.8 Å². The summed E-state index contributed by atoms with van der Waals surface area (Å²) >= 11 is 0. The Morgan fingerprint density at radius 2 is 1.81 bits per heavy atom. The van der Waals surface area contributed by atoms with Gasteiger partial charge in [0.15, 0.2) is 0 Å². The zero-order valence-electron chi connectivity index (χ0n) is 12.7. The van der Waals surface area contributed by atoms with Gasteiger partial charge in [-0.1, -0.05) is 6.07 Å². The highest BCUT2D eigenvalue weighted by Gasteiger charge is 2.26. The third kappa shape index (κ3) is 4.51. The number of esters is 1. The number of halogens is 2. The Hall–Kier alpha value is -1.98. The molecule has 1 N–H and O–H groups in total. The number of amides is 1. The summed E-state index contributed by atoms with van der Waals surface area (Å²) in [4.78, 5) is 23.7. The SMILES string of the molecule is Cc1ccc(F)c(C(=O)N[C@H](C)C(=O)OC(C)(C)C)c1F. The summed E-state index contributed by atoms with van der Waals surface area (Å²) < 4.78 is 32.5. The van der Waals surface area contributed by atoms with Gasteiger partial charge in [-0.3, -0.25) is 4.79 Å². The topological polar surface area (TPSA) is 55.4 Å². The third-order valence-electron chi connectivity index (χ3n) is 2.62. The first-order chi connectivity index (χ1) is 9.53. The number of carbonyl (C=O) groups excluding carboxylic acids is 2. The van der Waals surface area contributed by atoms with Gasteiger partial charge in [0, 0.05) is 0 Å². The molecule has 116 valence electrons. The maximum atomic E-state index is 13.8. The van der Waals surface area contributed by atoms with Gasteiger partial charge < -0.3 is 10.1 Å². The Balaban J connectivity index is 2.87. The number of aryl methyl sites for hydroxylation is 1. The van der Waals surface area contributed by atoms with Gasteiger partial charge in [-0.25, -0.2) is 13.6 Å². The molecule has 0 fully saturated rings. The molecule has 6 heteroatoms. The van der Waals surface area contributed by atoms with Crippen LogP contribution in [0.5, 0.6) is 0 Å². The first-order valence-corrected chi connectivity index (χ1v) is 6.51. The molecule has 1 aromatic rings. The molecule has 0 aliphatic rings. The number of carbonyl (C=O) groups is 2. The molecule has 0 bridgehead atoms. The minimum atomic E-state index is -1.02. The number of rotatable bonds is 3. The lowest BCUT2D eigenvalue weighted by molar-refractivity contribution is -0.156. The summed E-state index contributed by atoms with van der Waals surface area (Å²) in [7, 11) is 0. The van der Waals surface area contributed by atoms with Crippen LogP contribution in [0.15, 0.2) is 12.1 Å². The van der Waals surface area contributed by atoms with E-state index in [0.717, 1.165) is 6.07 Å². The second kappa shape index (κ2) is 6.20. The molecule has 0 saturated heterocycles. The number of benzene rings is 1. The number of hydrogen-bond acceptors (Lipinski definition) is 3. The maximum absolute atomic E-state index is 13.8. The molecule has 0 aliphatic carbocycles. The van der Waals surface area contributed by atoms with Crippen LogP contribution in [0.2, 0.25) is 0 Å². The minimum Gasteiger partial charge on any atom is -0.458 e. The molecule has 0 spiro atoms. The molecule has 21 heavy (non-hydrogen) atoms. The highest BCUT2D eigenvalue weighted by molar-refractivity contribution is 5.97. The van der Waals surface area contributed by atoms with E-state index in [9.17, 15) is 18.4 Å². The van der Waals surface area contributed by atoms with Crippen molar-refractivity contribution in [3.05, 3.63) is 34.9 Å². The molecular weight excluding hydrogens is 280 g/mol. The van der Waals surface area contributed by atoms with Crippen LogP contribution in [-0.4, -0.2) is 23.5 Å². The van der Waals surface area contributed by atoms with E-state index in [4.69, 9.17) is 4.74 Å². The second-order valence-electron chi connectivity index (χ2n) is 5.78. The number of nitrogens with one attached hydrogen (secondary N) is 1. The second-order valence-corrected chi connectivity index (χ2v) is 5.78. The van der Waals surface area contributed by atoms with Gasteiger partial charge in [-0.05, 0) is 46.2 Å². The van der Waals surface area contributed by atoms with Crippen LogP contribution in [0.25, 0.3) is 0 Å². The number of hydrogen-bond donors (Lipinski definition) is 1. The predicted octanol–water partition coefficient (Wildman–Crippen LogP) is 2.73. The van der Waals surface area contributed by atoms with Crippen LogP contribution in [0.3, 0.4) is 0 Å². The molecule has 0 heterocycles. The standard InChI is InChI=1S/C15H19F2NO3/c1-8-6-7-10(16)11(12(8)17)13(19)18-9(2)14(20)21-15(3,4)5/h6-7,9H,1-5H3,(H,18,19)/t9-/m1/s1. The summed E-state index contributed by atoms with van der Waals surface area (Å²) in [6.07, 6.45) is 0. The van der Waals surface area contributed by atoms with Crippen molar-refractivity contribution in [2.75, 3.05) is 0 Å². The van der Waals surface area contributed by atoms with Gasteiger partial charge in [0.2, 0.25) is 0 Å². The Morgan fingerprint density at radius 1 is 1.24 bits per heavy atom. The van der Waals surface area contributed by atoms with E-state index in [2.05, 4.69) is 5.32 Å². The van der Waals surface area contributed by atoms with Gasteiger partial charge in [-0.2, -0.15) is 0 Å². The van der Waals surface area contributed by atoms with Crippen molar-refractivity contribution in [2.45, 2.75) is 46.3 Å². The van der Waals surface area contributed by atoms with Crippen molar-refractivity contribution in [3.8, 4) is 0 Å². The van der Waals surface area contributed by atoms with Crippen LogP contribution >= 0.6 is 0 Å². The fourth-order valence-electron chi connectivity index (χ4n) is 1.58. The van der Waals surface area contributed by atoms with E-state index in [-0.39, 0.29) is 5.56 Å². The highest BCUT2D eigenvalue weighted by atomic mass is 19.1. The van der Waals surface area contributed by atoms with Crippen LogP contribution in [0.1, 0.15) is 43.6 Å². The van der Waals surface area contributed by atoms with Crippen molar-refractivity contribution >= 4 is 11.9 Å². The molecular formula is C15H19F2NO3. The van der Waals surface area contributed by atoms with E-state index in [1.165, 1.54) is 19.9 Å². The monoisotopic (exact) mass is 299 g/mol. The molecule has 0 aliphatic heterocycles. The fourth-order valence-corrected chi connectivity index (χ4v) is 1.58. The molecule has 0 radical (unpaired) electrons. The summed E-state index contributed by atoms with van der Waals surface area (Å²) in [5, 5.41) is 2.23. The van der Waals surface area contributed by atoms with Crippen LogP contribution < -0.4 is 5.32 Å². The molecule has 0 unspecified atom stereocenters. The van der Waals surface area contributed by atoms with Crippen molar-refractivity contribution in [1.29, 1.82) is 0 Å². The van der Waals surface area contributed by atoms with Crippen molar-refractivity contribution < 1.29 is 23.1 Å². The predicted molar refractivity (Wildman–Crippen MR) is 73.9 cm³/mol. The molecule has 4 nitrogen and oxygen atoms in total. The fraction of sp³-hybridized carbons (Fsp3) is 0.467. The van der Waals surface area contributed by atoms with E-state index >= 15 is 0 Å². The van der Waals surface area contributed by atoms with Gasteiger partial charge in [0.1, 0.15) is 28.8 Å². The maximum Gasteiger partial charge on any atom is 0.328 e. The Kier molecular flexibility index (Phi) is 5.04. The van der Waals surface area contributed by atoms with E-state index in [1.807, 2.05) is 0 Å². The van der Waals surface area contributed by atoms with Crippen LogP contribution in [0, 0.1) is 18.6 Å². The quantitative estimate of drug-likeness (QED) is 0.873. The van der Waals surface area contributed by atoms with Crippen molar-refractivity contribution in [3.63, 3.8) is 0 Å². The van der Waals surface area contributed by atoms with Crippen LogP contribution in [-0.2, 0) is 9.53 Å². The Labute approximate surface area is 122 Å². The largest absolute Gasteiger partial charge is 0.458 e. The highest BCUT2D eigenvalue weighted by Crippen LogP contribution is 2.16. The van der Waals surface area contributed by atoms with E-state index < -0.39 is 40.7 Å². The number of ether oxygens (including phenoxy) is 1. The summed E-state index contributed by atoms with van der Waals surface area (Å²) in [6.45, 7) is 7.85.